The fraction of sp³-hybridized carbons (Fsp3) is 0.814. The lowest BCUT2D eigenvalue weighted by atomic mass is 9.45. The number of carbonyl (C=O) groups excluding carboxylic acids is 4. The first kappa shape index (κ1) is 34.6. The largest absolute Gasteiger partial charge is 0.382 e. The van der Waals surface area contributed by atoms with E-state index in [-0.39, 0.29) is 27.4 Å². The van der Waals surface area contributed by atoms with E-state index < -0.39 is 5.60 Å². The topological polar surface area (TPSA) is 88.5 Å². The quantitative estimate of drug-likeness (QED) is 0.320. The molecule has 5 nitrogen and oxygen atoms in total. The molecular formula is C43H62O5. The molecule has 13 atom stereocenters. The highest BCUT2D eigenvalue weighted by Crippen LogP contribution is 2.69. The van der Waals surface area contributed by atoms with Crippen LogP contribution in [0, 0.1) is 69.0 Å². The average Bonchev–Trinajstić information content (AvgIpc) is 3.53. The molecule has 0 spiro atoms. The molecule has 8 rings (SSSR count). The van der Waals surface area contributed by atoms with Gasteiger partial charge in [-0.1, -0.05) is 45.8 Å². The fourth-order valence-corrected chi connectivity index (χ4v) is 14.8. The molecule has 0 unspecified atom stereocenters. The van der Waals surface area contributed by atoms with Gasteiger partial charge in [0.1, 0.15) is 11.4 Å². The number of aliphatic hydroxyl groups is 1. The Morgan fingerprint density at radius 1 is 0.688 bits per heavy atom. The summed E-state index contributed by atoms with van der Waals surface area (Å²) in [5.41, 5.74) is 2.05. The number of ketones is 4. The van der Waals surface area contributed by atoms with E-state index >= 15 is 0 Å². The highest BCUT2D eigenvalue weighted by molar-refractivity contribution is 5.92. The summed E-state index contributed by atoms with van der Waals surface area (Å²) in [4.78, 5) is 48.3. The monoisotopic (exact) mass is 658 g/mol. The van der Waals surface area contributed by atoms with Crippen molar-refractivity contribution in [2.45, 2.75) is 150 Å². The molecule has 0 amide bonds. The maximum Gasteiger partial charge on any atom is 0.161 e. The molecular weight excluding hydrogens is 596 g/mol. The van der Waals surface area contributed by atoms with Crippen molar-refractivity contribution in [3.63, 3.8) is 0 Å². The van der Waals surface area contributed by atoms with Crippen molar-refractivity contribution in [3.8, 4) is 0 Å². The Kier molecular flexibility index (Phi) is 8.33. The molecule has 0 aromatic carbocycles. The van der Waals surface area contributed by atoms with Crippen molar-refractivity contribution in [2.75, 3.05) is 0 Å². The Labute approximate surface area is 289 Å². The molecule has 5 heteroatoms. The maximum absolute atomic E-state index is 12.3. The average molecular weight is 659 g/mol. The van der Waals surface area contributed by atoms with Crippen molar-refractivity contribution in [2.24, 2.45) is 69.0 Å². The zero-order valence-electron chi connectivity index (χ0n) is 31.0. The number of rotatable bonds is 2. The molecule has 1 N–H and O–H groups in total. The zero-order valence-corrected chi connectivity index (χ0v) is 31.0. The van der Waals surface area contributed by atoms with Crippen LogP contribution in [0.15, 0.2) is 23.3 Å². The molecule has 8 aliphatic carbocycles. The summed E-state index contributed by atoms with van der Waals surface area (Å²) in [5.74, 6) is 5.56. The number of Topliss-reactive ketones (excluding diaryl/α,β-unsaturated/α-hetero) is 2. The molecule has 6 fully saturated rings. The summed E-state index contributed by atoms with van der Waals surface area (Å²) in [5, 5.41) is 11.2. The predicted octanol–water partition coefficient (Wildman–Crippen LogP) is 8.81. The highest BCUT2D eigenvalue weighted by atomic mass is 16.3. The van der Waals surface area contributed by atoms with Gasteiger partial charge >= 0.3 is 0 Å². The van der Waals surface area contributed by atoms with Crippen LogP contribution in [0.5, 0.6) is 0 Å². The minimum Gasteiger partial charge on any atom is -0.382 e. The first-order valence-electron chi connectivity index (χ1n) is 19.7. The van der Waals surface area contributed by atoms with Crippen molar-refractivity contribution in [3.05, 3.63) is 23.3 Å². The highest BCUT2D eigenvalue weighted by Gasteiger charge is 2.66. The first-order valence-corrected chi connectivity index (χ1v) is 19.7. The molecule has 0 aromatic rings. The second kappa shape index (κ2) is 11.6. The van der Waals surface area contributed by atoms with Gasteiger partial charge in [0.2, 0.25) is 0 Å². The van der Waals surface area contributed by atoms with Crippen LogP contribution >= 0.6 is 0 Å². The number of hydrogen-bond acceptors (Lipinski definition) is 5. The summed E-state index contributed by atoms with van der Waals surface area (Å²) in [7, 11) is 0. The Morgan fingerprint density at radius 2 is 1.31 bits per heavy atom. The van der Waals surface area contributed by atoms with E-state index in [1.165, 1.54) is 36.8 Å². The molecule has 0 bridgehead atoms. The van der Waals surface area contributed by atoms with Crippen LogP contribution < -0.4 is 0 Å². The molecule has 0 aliphatic heterocycles. The van der Waals surface area contributed by atoms with E-state index in [0.29, 0.717) is 59.8 Å². The third-order valence-corrected chi connectivity index (χ3v) is 17.5. The lowest BCUT2D eigenvalue weighted by molar-refractivity contribution is -0.161. The van der Waals surface area contributed by atoms with E-state index in [4.69, 9.17) is 0 Å². The normalized spacial score (nSPS) is 50.6. The summed E-state index contributed by atoms with van der Waals surface area (Å²) < 4.78 is 0. The molecule has 0 aromatic heterocycles. The number of allylic oxidation sites excluding steroid dienone is 2. The van der Waals surface area contributed by atoms with Crippen LogP contribution in [0.3, 0.4) is 0 Å². The van der Waals surface area contributed by atoms with Gasteiger partial charge in [-0.25, -0.2) is 0 Å². The zero-order chi connectivity index (χ0) is 34.6. The lowest BCUT2D eigenvalue weighted by Crippen LogP contribution is -2.57. The smallest absolute Gasteiger partial charge is 0.161 e. The van der Waals surface area contributed by atoms with E-state index in [1.54, 1.807) is 13.8 Å². The first-order chi connectivity index (χ1) is 22.5. The van der Waals surface area contributed by atoms with Crippen molar-refractivity contribution < 1.29 is 24.3 Å². The summed E-state index contributed by atoms with van der Waals surface area (Å²) in [6.45, 7) is 15.0. The predicted molar refractivity (Wildman–Crippen MR) is 188 cm³/mol. The molecule has 0 heterocycles. The maximum atomic E-state index is 12.3. The molecule has 0 saturated heterocycles. The van der Waals surface area contributed by atoms with Crippen molar-refractivity contribution in [1.29, 1.82) is 0 Å². The van der Waals surface area contributed by atoms with Crippen LogP contribution in [0.25, 0.3) is 0 Å². The van der Waals surface area contributed by atoms with Crippen LogP contribution in [0.1, 0.15) is 145 Å². The standard InChI is InChI=1S/C22H32O3.C21H30O2/c1-13-11-16-17(20(3)8-5-15(24)12-19(13)20)6-9-21(4)18(16)7-10-22(21,25)14(2)23;1-13(22)17-6-7-18-16-5-4-14-12-15(23)8-10-20(14,2)19(16)9-11-21(17,18)3/h12-13,16-18,25H,5-11H2,1-4H3;12,16-19H,4-11H2,1-3H3/t13-,16+,17-,18-,20+,21-,22-;16-,17+,18-,19-,20-,21+/m00/s1. The number of hydrogen-bond donors (Lipinski definition) is 1. The number of fused-ring (bicyclic) bond motifs is 10. The van der Waals surface area contributed by atoms with Gasteiger partial charge in [-0.15, -0.1) is 0 Å². The Morgan fingerprint density at radius 3 is 2.00 bits per heavy atom. The lowest BCUT2D eigenvalue weighted by Gasteiger charge is -2.60. The Balaban J connectivity index is 0.000000152. The minimum absolute atomic E-state index is 0.0464. The second-order valence-corrected chi connectivity index (χ2v) is 19.2. The third kappa shape index (κ3) is 4.77. The molecule has 6 saturated carbocycles. The Bertz CT molecular complexity index is 1470. The van der Waals surface area contributed by atoms with Gasteiger partial charge in [0, 0.05) is 24.2 Å². The summed E-state index contributed by atoms with van der Waals surface area (Å²) in [6.07, 6.45) is 19.3. The SMILES string of the molecule is CC(=O)[C@@]1(O)CC[C@H]2[C@@H]3C[C@H](C)C4=CC(=O)CC[C@]4(C)[C@H]3CC[C@@]21C.CC(=O)[C@H]1CC[C@H]2[C@@H]3CCC4=CC(=O)CC[C@]4(C)[C@H]3CC[C@]12C. The van der Waals surface area contributed by atoms with E-state index in [1.807, 2.05) is 12.2 Å². The van der Waals surface area contributed by atoms with Gasteiger partial charge in [-0.2, -0.15) is 0 Å². The summed E-state index contributed by atoms with van der Waals surface area (Å²) >= 11 is 0. The van der Waals surface area contributed by atoms with E-state index in [2.05, 4.69) is 34.6 Å². The summed E-state index contributed by atoms with van der Waals surface area (Å²) in [6, 6.07) is 0. The second-order valence-electron chi connectivity index (χ2n) is 19.2. The molecule has 0 radical (unpaired) electrons. The van der Waals surface area contributed by atoms with Crippen LogP contribution in [0.2, 0.25) is 0 Å². The van der Waals surface area contributed by atoms with Crippen molar-refractivity contribution >= 4 is 23.1 Å². The van der Waals surface area contributed by atoms with Gasteiger partial charge in [0.15, 0.2) is 17.3 Å². The Hall–Kier alpha value is -1.88. The van der Waals surface area contributed by atoms with Crippen LogP contribution in [-0.2, 0) is 19.2 Å². The minimum atomic E-state index is -1.13. The molecule has 48 heavy (non-hydrogen) atoms. The van der Waals surface area contributed by atoms with Crippen LogP contribution in [0.4, 0.5) is 0 Å². The van der Waals surface area contributed by atoms with Gasteiger partial charge in [-0.05, 0) is 167 Å². The van der Waals surface area contributed by atoms with Gasteiger partial charge in [-0.3, -0.25) is 19.2 Å². The van der Waals surface area contributed by atoms with Gasteiger partial charge in [0.25, 0.3) is 0 Å². The van der Waals surface area contributed by atoms with Crippen molar-refractivity contribution in [1.82, 2.24) is 0 Å². The van der Waals surface area contributed by atoms with Crippen LogP contribution in [-0.4, -0.2) is 33.8 Å². The fourth-order valence-electron chi connectivity index (χ4n) is 14.8. The third-order valence-electron chi connectivity index (χ3n) is 17.5. The van der Waals surface area contributed by atoms with E-state index in [9.17, 15) is 24.3 Å². The van der Waals surface area contributed by atoms with Gasteiger partial charge in [0.05, 0.1) is 0 Å². The molecule has 8 aliphatic rings. The number of carbonyl (C=O) groups is 4. The molecule has 264 valence electrons. The van der Waals surface area contributed by atoms with E-state index in [0.717, 1.165) is 75.5 Å². The van der Waals surface area contributed by atoms with Gasteiger partial charge < -0.3 is 5.11 Å².